The fraction of sp³-hybridized carbons (Fsp3) is 0.767. The molecule has 16 heteroatoms. The van der Waals surface area contributed by atoms with Gasteiger partial charge < -0.3 is 39.5 Å². The third-order valence-corrected chi connectivity index (χ3v) is 9.78. The number of hydrogen-bond acceptors (Lipinski definition) is 14. The molecule has 2 amide bonds. The molecular formula is C30H55N7O8S. The topological polar surface area (TPSA) is 299 Å². The zero-order valence-electron chi connectivity index (χ0n) is 28.3. The van der Waals surface area contributed by atoms with Crippen LogP contribution in [-0.2, 0) is 33.6 Å². The number of thioether (sulfide) groups is 1. The average molecular weight is 674 g/mol. The largest absolute Gasteiger partial charge is 0.479 e. The lowest BCUT2D eigenvalue weighted by molar-refractivity contribution is -0.187. The molecule has 0 aliphatic heterocycles. The van der Waals surface area contributed by atoms with Crippen LogP contribution in [0.1, 0.15) is 67.7 Å². The smallest absolute Gasteiger partial charge is 0.339 e. The highest BCUT2D eigenvalue weighted by molar-refractivity contribution is 8.00. The molecule has 9 atom stereocenters. The zero-order chi connectivity index (χ0) is 36.5. The van der Waals surface area contributed by atoms with Gasteiger partial charge in [0.15, 0.2) is 28.5 Å². The molecule has 0 spiro atoms. The molecule has 0 saturated heterocycles. The van der Waals surface area contributed by atoms with E-state index >= 15 is 9.59 Å². The van der Waals surface area contributed by atoms with Gasteiger partial charge in [-0.2, -0.15) is 11.8 Å². The number of carboxylic acid groups (broad SMARTS) is 1. The number of carbonyl (C=O) groups excluding carboxylic acids is 6. The molecule has 0 saturated carbocycles. The molecular weight excluding hydrogens is 618 g/mol. The number of rotatable bonds is 21. The Labute approximate surface area is 275 Å². The first-order chi connectivity index (χ1) is 21.2. The second-order valence-corrected chi connectivity index (χ2v) is 13.3. The van der Waals surface area contributed by atoms with Crippen molar-refractivity contribution in [3.63, 3.8) is 0 Å². The molecule has 0 aromatic carbocycles. The van der Waals surface area contributed by atoms with Crippen LogP contribution in [0, 0.1) is 23.2 Å². The van der Waals surface area contributed by atoms with Crippen molar-refractivity contribution in [2.45, 2.75) is 103 Å². The van der Waals surface area contributed by atoms with Crippen LogP contribution in [-0.4, -0.2) is 105 Å². The number of carbonyl (C=O) groups is 7. The summed E-state index contributed by atoms with van der Waals surface area (Å²) in [5.74, 6) is -12.5. The van der Waals surface area contributed by atoms with Gasteiger partial charge in [0.2, 0.25) is 17.4 Å². The van der Waals surface area contributed by atoms with Crippen molar-refractivity contribution in [1.29, 1.82) is 0 Å². The number of nitrogens with two attached hydrogens (primary N) is 6. The molecule has 0 aromatic rings. The van der Waals surface area contributed by atoms with Gasteiger partial charge in [0.1, 0.15) is 0 Å². The van der Waals surface area contributed by atoms with Crippen molar-refractivity contribution < 1.29 is 38.7 Å². The van der Waals surface area contributed by atoms with Crippen LogP contribution < -0.4 is 34.4 Å². The van der Waals surface area contributed by atoms with Crippen LogP contribution in [0.4, 0.5) is 0 Å². The van der Waals surface area contributed by atoms with Crippen LogP contribution in [0.5, 0.6) is 0 Å². The van der Waals surface area contributed by atoms with E-state index in [9.17, 15) is 29.1 Å². The molecule has 15 nitrogen and oxygen atoms in total. The van der Waals surface area contributed by atoms with Gasteiger partial charge in [0.25, 0.3) is 0 Å². The van der Waals surface area contributed by atoms with Crippen molar-refractivity contribution >= 4 is 52.7 Å². The second-order valence-electron chi connectivity index (χ2n) is 12.3. The molecule has 0 heterocycles. The predicted octanol–water partition coefficient (Wildman–Crippen LogP) is -1.46. The van der Waals surface area contributed by atoms with Gasteiger partial charge in [0, 0.05) is 0 Å². The van der Waals surface area contributed by atoms with E-state index < -0.39 is 106 Å². The lowest BCUT2D eigenvalue weighted by Crippen LogP contribution is -2.84. The van der Waals surface area contributed by atoms with Crippen molar-refractivity contribution in [3.05, 3.63) is 0 Å². The maximum absolute atomic E-state index is 15.1. The number of amides is 2. The van der Waals surface area contributed by atoms with E-state index in [0.717, 1.165) is 6.92 Å². The quantitative estimate of drug-likeness (QED) is 0.0685. The van der Waals surface area contributed by atoms with Crippen molar-refractivity contribution in [2.24, 2.45) is 57.6 Å². The molecule has 0 aromatic heterocycles. The monoisotopic (exact) mass is 673 g/mol. The third-order valence-electron chi connectivity index (χ3n) is 8.69. The fourth-order valence-electron chi connectivity index (χ4n) is 5.66. The number of nitrogens with zero attached hydrogens (tertiary/aromatic N) is 1. The van der Waals surface area contributed by atoms with Gasteiger partial charge in [0.05, 0.1) is 42.5 Å². The molecule has 46 heavy (non-hydrogen) atoms. The first kappa shape index (κ1) is 43.4. The highest BCUT2D eigenvalue weighted by Gasteiger charge is 2.78. The Morgan fingerprint density at radius 1 is 0.761 bits per heavy atom. The standard InChI is InChI=1S/C30H55N7O8S/c1-9-15(5)21(35)24(41)29(23(40)17(7)33,26(46-8)19(38)12-31)30(28(44)45,25(42)22(36)16(6)10-2)37(20(39)13-32)27(43)18(34)11-14(3)4/h14-18,21-22,26H,9-13,31-36H2,1-8H3,(H,44,45). The minimum atomic E-state index is -3.83. The van der Waals surface area contributed by atoms with E-state index in [1.165, 1.54) is 20.1 Å². The van der Waals surface area contributed by atoms with Gasteiger partial charge in [-0.15, -0.1) is 0 Å². The van der Waals surface area contributed by atoms with Gasteiger partial charge in [-0.05, 0) is 37.4 Å². The van der Waals surface area contributed by atoms with E-state index in [1.54, 1.807) is 27.7 Å². The highest BCUT2D eigenvalue weighted by atomic mass is 32.2. The summed E-state index contributed by atoms with van der Waals surface area (Å²) in [4.78, 5) is 101. The first-order valence-electron chi connectivity index (χ1n) is 15.4. The lowest BCUT2D eigenvalue weighted by atomic mass is 9.54. The molecule has 0 aliphatic carbocycles. The molecule has 9 unspecified atom stereocenters. The number of imide groups is 1. The third kappa shape index (κ3) is 7.91. The normalized spacial score (nSPS) is 18.9. The fourth-order valence-corrected chi connectivity index (χ4v) is 6.78. The Morgan fingerprint density at radius 2 is 1.22 bits per heavy atom. The van der Waals surface area contributed by atoms with E-state index in [1.807, 2.05) is 0 Å². The van der Waals surface area contributed by atoms with Gasteiger partial charge in [-0.1, -0.05) is 54.4 Å². The van der Waals surface area contributed by atoms with Crippen LogP contribution in [0.3, 0.4) is 0 Å². The molecule has 0 radical (unpaired) electrons. The van der Waals surface area contributed by atoms with E-state index in [2.05, 4.69) is 0 Å². The summed E-state index contributed by atoms with van der Waals surface area (Å²) < 4.78 is 0. The summed E-state index contributed by atoms with van der Waals surface area (Å²) in [5.41, 5.74) is 29.3. The summed E-state index contributed by atoms with van der Waals surface area (Å²) in [5, 5.41) is 9.28. The predicted molar refractivity (Wildman–Crippen MR) is 176 cm³/mol. The number of ketones is 4. The summed E-state index contributed by atoms with van der Waals surface area (Å²) in [6.07, 6.45) is 1.58. The summed E-state index contributed by atoms with van der Waals surface area (Å²) >= 11 is 0.525. The molecule has 0 rings (SSSR count). The molecule has 0 aliphatic rings. The van der Waals surface area contributed by atoms with Crippen molar-refractivity contribution in [3.8, 4) is 0 Å². The molecule has 264 valence electrons. The molecule has 0 bridgehead atoms. The van der Waals surface area contributed by atoms with E-state index in [4.69, 9.17) is 34.4 Å². The maximum atomic E-state index is 15.1. The Balaban J connectivity index is 9.38. The van der Waals surface area contributed by atoms with Crippen LogP contribution in [0.15, 0.2) is 0 Å². The minimum absolute atomic E-state index is 0.0263. The number of Topliss-reactive ketones (excluding diaryl/α,β-unsaturated/α-hetero) is 4. The molecule has 0 fully saturated rings. The minimum Gasteiger partial charge on any atom is -0.479 e. The summed E-state index contributed by atoms with van der Waals surface area (Å²) in [6, 6.07) is -6.87. The van der Waals surface area contributed by atoms with Gasteiger partial charge in [-0.3, -0.25) is 33.7 Å². The van der Waals surface area contributed by atoms with Crippen LogP contribution in [0.2, 0.25) is 0 Å². The number of carboxylic acids is 1. The van der Waals surface area contributed by atoms with E-state index in [-0.39, 0.29) is 30.1 Å². The van der Waals surface area contributed by atoms with Gasteiger partial charge in [-0.25, -0.2) is 4.79 Å². The SMILES string of the molecule is CCC(C)C(N)C(=O)C(C(=O)C(C)N)(C(SC)C(=O)CN)C(C(=O)O)(C(=O)C(N)C(C)CC)N(C(=O)CN)C(=O)C(N)CC(C)C. The van der Waals surface area contributed by atoms with Crippen LogP contribution in [0.25, 0.3) is 0 Å². The van der Waals surface area contributed by atoms with Crippen LogP contribution >= 0.6 is 11.8 Å². The Bertz CT molecular complexity index is 1150. The summed E-state index contributed by atoms with van der Waals surface area (Å²) in [7, 11) is 0. The molecule has 13 N–H and O–H groups in total. The first-order valence-corrected chi connectivity index (χ1v) is 16.7. The Kier molecular flexibility index (Phi) is 17.1. The van der Waals surface area contributed by atoms with Crippen molar-refractivity contribution in [1.82, 2.24) is 4.90 Å². The van der Waals surface area contributed by atoms with Crippen molar-refractivity contribution in [2.75, 3.05) is 19.3 Å². The number of aliphatic carboxylic acids is 1. The second kappa shape index (κ2) is 18.1. The Hall–Kier alpha value is -2.60. The van der Waals surface area contributed by atoms with Gasteiger partial charge >= 0.3 is 5.97 Å². The maximum Gasteiger partial charge on any atom is 0.339 e. The summed E-state index contributed by atoms with van der Waals surface area (Å²) in [6.45, 7) is 8.92. The zero-order valence-corrected chi connectivity index (χ0v) is 29.1. The van der Waals surface area contributed by atoms with E-state index in [0.29, 0.717) is 11.8 Å². The lowest BCUT2D eigenvalue weighted by Gasteiger charge is -2.54. The average Bonchev–Trinajstić information content (AvgIpc) is 3.01. The highest BCUT2D eigenvalue weighted by Crippen LogP contribution is 2.50. The number of hydrogen-bond donors (Lipinski definition) is 7. The Morgan fingerprint density at radius 3 is 1.54 bits per heavy atom.